The van der Waals surface area contributed by atoms with Gasteiger partial charge in [0.1, 0.15) is 5.03 Å². The number of amides is 1. The van der Waals surface area contributed by atoms with Crippen molar-refractivity contribution >= 4 is 39.5 Å². The fraction of sp³-hybridized carbons (Fsp3) is 0.643. The van der Waals surface area contributed by atoms with Gasteiger partial charge in [0, 0.05) is 32.3 Å². The van der Waals surface area contributed by atoms with Crippen LogP contribution in [0.4, 0.5) is 5.95 Å². The van der Waals surface area contributed by atoms with Gasteiger partial charge in [-0.25, -0.2) is 9.97 Å². The van der Waals surface area contributed by atoms with E-state index in [0.717, 1.165) is 35.2 Å². The molecule has 0 atom stereocenters. The highest BCUT2D eigenvalue weighted by molar-refractivity contribution is 9.10. The number of hydrogen-bond donors (Lipinski definition) is 1. The van der Waals surface area contributed by atoms with Crippen LogP contribution in [0.25, 0.3) is 0 Å². The largest absolute Gasteiger partial charge is 0.351 e. The van der Waals surface area contributed by atoms with Crippen molar-refractivity contribution in [1.82, 2.24) is 14.9 Å². The molecule has 1 aromatic heterocycles. The number of rotatable bonds is 4. The van der Waals surface area contributed by atoms with Gasteiger partial charge in [0.15, 0.2) is 0 Å². The maximum absolute atomic E-state index is 12.0. The highest BCUT2D eigenvalue weighted by atomic mass is 79.9. The van der Waals surface area contributed by atoms with Crippen LogP contribution < -0.4 is 5.32 Å². The molecule has 1 saturated carbocycles. The summed E-state index contributed by atoms with van der Waals surface area (Å²) in [4.78, 5) is 22.4. The summed E-state index contributed by atoms with van der Waals surface area (Å²) >= 11 is 5.03. The Hall–Kier alpha value is -0.820. The monoisotopic (exact) mass is 372 g/mol. The molecular weight excluding hydrogens is 352 g/mol. The minimum atomic E-state index is 0.172. The Morgan fingerprint density at radius 3 is 2.62 bits per heavy atom. The van der Waals surface area contributed by atoms with Gasteiger partial charge < -0.3 is 10.2 Å². The van der Waals surface area contributed by atoms with E-state index >= 15 is 0 Å². The van der Waals surface area contributed by atoms with E-state index in [1.54, 1.807) is 22.9 Å². The van der Waals surface area contributed by atoms with E-state index < -0.39 is 0 Å². The summed E-state index contributed by atoms with van der Waals surface area (Å²) in [6, 6.07) is 0.354. The lowest BCUT2D eigenvalue weighted by Gasteiger charge is -2.29. The molecule has 116 valence electrons. The Morgan fingerprint density at radius 1 is 1.38 bits per heavy atom. The van der Waals surface area contributed by atoms with E-state index in [1.807, 2.05) is 20.4 Å². The van der Waals surface area contributed by atoms with Gasteiger partial charge in [0.25, 0.3) is 0 Å². The van der Waals surface area contributed by atoms with Gasteiger partial charge in [-0.3, -0.25) is 4.79 Å². The molecule has 0 saturated heterocycles. The Labute approximate surface area is 138 Å². The first-order valence-corrected chi connectivity index (χ1v) is 9.07. The molecule has 21 heavy (non-hydrogen) atoms. The average Bonchev–Trinajstić information content (AvgIpc) is 2.49. The highest BCUT2D eigenvalue weighted by Gasteiger charge is 2.27. The topological polar surface area (TPSA) is 58.1 Å². The first-order chi connectivity index (χ1) is 10.0. The number of thioether (sulfide) groups is 1. The third kappa shape index (κ3) is 4.32. The van der Waals surface area contributed by atoms with Gasteiger partial charge in [0.05, 0.1) is 4.47 Å². The number of halogens is 1. The van der Waals surface area contributed by atoms with E-state index in [9.17, 15) is 4.79 Å². The zero-order valence-electron chi connectivity index (χ0n) is 12.6. The minimum Gasteiger partial charge on any atom is -0.351 e. The summed E-state index contributed by atoms with van der Waals surface area (Å²) in [6.45, 7) is 0. The lowest BCUT2D eigenvalue weighted by atomic mass is 9.85. The van der Waals surface area contributed by atoms with Gasteiger partial charge in [-0.2, -0.15) is 0 Å². The molecule has 0 unspecified atom stereocenters. The van der Waals surface area contributed by atoms with Crippen molar-refractivity contribution in [3.8, 4) is 0 Å². The summed E-state index contributed by atoms with van der Waals surface area (Å²) in [6.07, 6.45) is 7.61. The van der Waals surface area contributed by atoms with Crippen LogP contribution in [0, 0.1) is 5.92 Å². The summed E-state index contributed by atoms with van der Waals surface area (Å²) in [7, 11) is 3.65. The zero-order chi connectivity index (χ0) is 15.4. The fourth-order valence-corrected chi connectivity index (χ4v) is 3.70. The Balaban J connectivity index is 1.90. The smallest absolute Gasteiger partial charge is 0.225 e. The molecule has 0 aromatic carbocycles. The Bertz CT molecular complexity index is 504. The number of nitrogens with one attached hydrogen (secondary N) is 1. The lowest BCUT2D eigenvalue weighted by Crippen LogP contribution is -2.35. The SMILES string of the molecule is CSc1nc(NC2CCC(C(=O)N(C)C)CC2)ncc1Br. The first-order valence-electron chi connectivity index (χ1n) is 7.05. The molecule has 1 aromatic rings. The van der Waals surface area contributed by atoms with E-state index in [2.05, 4.69) is 31.2 Å². The molecule has 7 heteroatoms. The van der Waals surface area contributed by atoms with Crippen LogP contribution in [0.15, 0.2) is 15.7 Å². The van der Waals surface area contributed by atoms with Crippen LogP contribution in [0.1, 0.15) is 25.7 Å². The normalized spacial score (nSPS) is 21.9. The van der Waals surface area contributed by atoms with E-state index in [0.29, 0.717) is 12.0 Å². The molecular formula is C14H21BrN4OS. The average molecular weight is 373 g/mol. The zero-order valence-corrected chi connectivity index (χ0v) is 15.0. The van der Waals surface area contributed by atoms with Crippen LogP contribution in [-0.2, 0) is 4.79 Å². The van der Waals surface area contributed by atoms with E-state index in [-0.39, 0.29) is 11.8 Å². The van der Waals surface area contributed by atoms with Crippen molar-refractivity contribution in [3.63, 3.8) is 0 Å². The summed E-state index contributed by atoms with van der Waals surface area (Å²) < 4.78 is 0.917. The first kappa shape index (κ1) is 16.5. The third-order valence-corrected chi connectivity index (χ3v) is 5.30. The van der Waals surface area contributed by atoms with Crippen LogP contribution in [0.3, 0.4) is 0 Å². The molecule has 0 aliphatic heterocycles. The molecule has 1 fully saturated rings. The molecule has 5 nitrogen and oxygen atoms in total. The predicted molar refractivity (Wildman–Crippen MR) is 89.6 cm³/mol. The maximum atomic E-state index is 12.0. The van der Waals surface area contributed by atoms with Gasteiger partial charge in [-0.05, 0) is 47.9 Å². The van der Waals surface area contributed by atoms with Gasteiger partial charge in [-0.15, -0.1) is 11.8 Å². The quantitative estimate of drug-likeness (QED) is 0.650. The number of aromatic nitrogens is 2. The van der Waals surface area contributed by atoms with Crippen LogP contribution in [0.2, 0.25) is 0 Å². The minimum absolute atomic E-state index is 0.172. The van der Waals surface area contributed by atoms with Crippen molar-refractivity contribution in [2.24, 2.45) is 5.92 Å². The van der Waals surface area contributed by atoms with Crippen LogP contribution in [-0.4, -0.2) is 47.2 Å². The highest BCUT2D eigenvalue weighted by Crippen LogP contribution is 2.28. The summed E-state index contributed by atoms with van der Waals surface area (Å²) in [5, 5.41) is 4.32. The predicted octanol–water partition coefficient (Wildman–Crippen LogP) is 3.02. The molecule has 1 aliphatic carbocycles. The van der Waals surface area contributed by atoms with Crippen molar-refractivity contribution in [3.05, 3.63) is 10.7 Å². The molecule has 1 heterocycles. The molecule has 1 aliphatic rings. The molecule has 0 bridgehead atoms. The van der Waals surface area contributed by atoms with E-state index in [4.69, 9.17) is 0 Å². The second kappa shape index (κ2) is 7.45. The van der Waals surface area contributed by atoms with Gasteiger partial charge in [0.2, 0.25) is 11.9 Å². The molecule has 1 amide bonds. The van der Waals surface area contributed by atoms with Crippen LogP contribution >= 0.6 is 27.7 Å². The second-order valence-electron chi connectivity index (χ2n) is 5.48. The number of carbonyl (C=O) groups is 1. The third-order valence-electron chi connectivity index (χ3n) is 3.76. The molecule has 0 radical (unpaired) electrons. The Kier molecular flexibility index (Phi) is 5.87. The van der Waals surface area contributed by atoms with Gasteiger partial charge >= 0.3 is 0 Å². The number of anilines is 1. The fourth-order valence-electron chi connectivity index (χ4n) is 2.60. The van der Waals surface area contributed by atoms with Crippen molar-refractivity contribution in [2.75, 3.05) is 25.7 Å². The standard InChI is InChI=1S/C14H21BrN4OS/c1-19(2)13(20)9-4-6-10(7-5-9)17-14-16-8-11(15)12(18-14)21-3/h8-10H,4-7H2,1-3H3,(H,16,17,18). The summed E-state index contributed by atoms with van der Waals surface area (Å²) in [5.74, 6) is 1.09. The molecule has 0 spiro atoms. The summed E-state index contributed by atoms with van der Waals surface area (Å²) in [5.41, 5.74) is 0. The van der Waals surface area contributed by atoms with Crippen molar-refractivity contribution in [2.45, 2.75) is 36.8 Å². The number of nitrogens with zero attached hydrogens (tertiary/aromatic N) is 3. The van der Waals surface area contributed by atoms with Gasteiger partial charge in [-0.1, -0.05) is 0 Å². The number of carbonyl (C=O) groups excluding carboxylic acids is 1. The lowest BCUT2D eigenvalue weighted by molar-refractivity contribution is -0.133. The van der Waals surface area contributed by atoms with Crippen molar-refractivity contribution in [1.29, 1.82) is 0 Å². The van der Waals surface area contributed by atoms with Crippen molar-refractivity contribution < 1.29 is 4.79 Å². The van der Waals surface area contributed by atoms with E-state index in [1.165, 1.54) is 0 Å². The second-order valence-corrected chi connectivity index (χ2v) is 7.13. The Morgan fingerprint density at radius 2 is 2.05 bits per heavy atom. The molecule has 2 rings (SSSR count). The number of hydrogen-bond acceptors (Lipinski definition) is 5. The maximum Gasteiger partial charge on any atom is 0.225 e. The molecule has 1 N–H and O–H groups in total. The van der Waals surface area contributed by atoms with Crippen LogP contribution in [0.5, 0.6) is 0 Å².